The summed E-state index contributed by atoms with van der Waals surface area (Å²) in [7, 11) is 0. The van der Waals surface area contributed by atoms with Crippen LogP contribution in [0.2, 0.25) is 0 Å². The SMILES string of the molecule is CC(C)CSCCC(O)CN. The molecule has 1 unspecified atom stereocenters. The van der Waals surface area contributed by atoms with Gasteiger partial charge in [-0.3, -0.25) is 0 Å². The van der Waals surface area contributed by atoms with E-state index < -0.39 is 0 Å². The van der Waals surface area contributed by atoms with E-state index in [1.165, 1.54) is 5.75 Å². The molecule has 3 N–H and O–H groups in total. The molecule has 0 radical (unpaired) electrons. The third kappa shape index (κ3) is 8.17. The van der Waals surface area contributed by atoms with Crippen LogP contribution in [0.3, 0.4) is 0 Å². The van der Waals surface area contributed by atoms with Gasteiger partial charge in [0.05, 0.1) is 6.10 Å². The number of thioether (sulfide) groups is 1. The average Bonchev–Trinajstić information content (AvgIpc) is 1.97. The number of nitrogens with two attached hydrogens (primary N) is 1. The van der Waals surface area contributed by atoms with E-state index in [0.29, 0.717) is 6.54 Å². The number of aliphatic hydroxyl groups is 1. The lowest BCUT2D eigenvalue weighted by Gasteiger charge is -2.07. The smallest absolute Gasteiger partial charge is 0.0670 e. The zero-order valence-corrected chi connectivity index (χ0v) is 8.23. The highest BCUT2D eigenvalue weighted by atomic mass is 32.2. The second-order valence-electron chi connectivity index (χ2n) is 3.15. The zero-order valence-electron chi connectivity index (χ0n) is 7.42. The molecule has 0 bridgehead atoms. The molecule has 0 aromatic rings. The third-order valence-electron chi connectivity index (χ3n) is 1.32. The maximum absolute atomic E-state index is 9.08. The highest BCUT2D eigenvalue weighted by molar-refractivity contribution is 7.99. The Balaban J connectivity index is 3.01. The van der Waals surface area contributed by atoms with Crippen molar-refractivity contribution in [3.8, 4) is 0 Å². The molecule has 0 spiro atoms. The Hall–Kier alpha value is 0.270. The molecular weight excluding hydrogens is 158 g/mol. The zero-order chi connectivity index (χ0) is 8.69. The molecule has 0 saturated carbocycles. The molecule has 68 valence electrons. The molecular formula is C8H19NOS. The van der Waals surface area contributed by atoms with Gasteiger partial charge >= 0.3 is 0 Å². The second kappa shape index (κ2) is 6.95. The molecule has 0 rings (SSSR count). The lowest BCUT2D eigenvalue weighted by atomic mass is 10.3. The van der Waals surface area contributed by atoms with E-state index in [9.17, 15) is 0 Å². The summed E-state index contributed by atoms with van der Waals surface area (Å²) >= 11 is 1.89. The van der Waals surface area contributed by atoms with Gasteiger partial charge in [-0.15, -0.1) is 0 Å². The molecule has 0 fully saturated rings. The van der Waals surface area contributed by atoms with Crippen LogP contribution in [0.5, 0.6) is 0 Å². The fourth-order valence-electron chi connectivity index (χ4n) is 0.656. The van der Waals surface area contributed by atoms with Crippen LogP contribution < -0.4 is 5.73 Å². The normalized spacial score (nSPS) is 13.9. The maximum Gasteiger partial charge on any atom is 0.0670 e. The Morgan fingerprint density at radius 3 is 2.55 bits per heavy atom. The van der Waals surface area contributed by atoms with Crippen molar-refractivity contribution in [3.63, 3.8) is 0 Å². The van der Waals surface area contributed by atoms with Crippen molar-refractivity contribution in [1.29, 1.82) is 0 Å². The number of rotatable bonds is 6. The molecule has 0 amide bonds. The van der Waals surface area contributed by atoms with Crippen LogP contribution in [-0.2, 0) is 0 Å². The van der Waals surface area contributed by atoms with E-state index in [-0.39, 0.29) is 6.10 Å². The van der Waals surface area contributed by atoms with Gasteiger partial charge in [-0.1, -0.05) is 13.8 Å². The number of hydrogen-bond donors (Lipinski definition) is 2. The van der Waals surface area contributed by atoms with Crippen LogP contribution in [-0.4, -0.2) is 29.3 Å². The van der Waals surface area contributed by atoms with Gasteiger partial charge < -0.3 is 10.8 Å². The molecule has 0 aliphatic carbocycles. The maximum atomic E-state index is 9.08. The molecule has 0 heterocycles. The van der Waals surface area contributed by atoms with E-state index in [1.807, 2.05) is 11.8 Å². The molecule has 1 atom stereocenters. The molecule has 0 aliphatic rings. The quantitative estimate of drug-likeness (QED) is 0.597. The Morgan fingerprint density at radius 1 is 1.45 bits per heavy atom. The second-order valence-corrected chi connectivity index (χ2v) is 4.30. The number of aliphatic hydroxyl groups excluding tert-OH is 1. The first kappa shape index (κ1) is 11.3. The first-order valence-electron chi connectivity index (χ1n) is 4.12. The molecule has 0 aromatic heterocycles. The van der Waals surface area contributed by atoms with Gasteiger partial charge in [0.15, 0.2) is 0 Å². The van der Waals surface area contributed by atoms with E-state index >= 15 is 0 Å². The molecule has 0 saturated heterocycles. The van der Waals surface area contributed by atoms with Crippen molar-refractivity contribution in [2.75, 3.05) is 18.1 Å². The van der Waals surface area contributed by atoms with Crippen LogP contribution in [0, 0.1) is 5.92 Å². The summed E-state index contributed by atoms with van der Waals surface area (Å²) in [5.41, 5.74) is 5.25. The van der Waals surface area contributed by atoms with Crippen LogP contribution in [0.25, 0.3) is 0 Å². The predicted molar refractivity (Wildman–Crippen MR) is 51.8 cm³/mol. The summed E-state index contributed by atoms with van der Waals surface area (Å²) in [5.74, 6) is 2.95. The molecule has 2 nitrogen and oxygen atoms in total. The van der Waals surface area contributed by atoms with E-state index in [1.54, 1.807) is 0 Å². The Morgan fingerprint density at radius 2 is 2.09 bits per heavy atom. The summed E-state index contributed by atoms with van der Waals surface area (Å²) in [6.45, 7) is 4.79. The van der Waals surface area contributed by atoms with Gasteiger partial charge in [-0.2, -0.15) is 11.8 Å². The monoisotopic (exact) mass is 177 g/mol. The van der Waals surface area contributed by atoms with Gasteiger partial charge in [-0.25, -0.2) is 0 Å². The van der Waals surface area contributed by atoms with Crippen molar-refractivity contribution < 1.29 is 5.11 Å². The third-order valence-corrected chi connectivity index (χ3v) is 2.75. The van der Waals surface area contributed by atoms with Crippen molar-refractivity contribution in [1.82, 2.24) is 0 Å². The Labute approximate surface area is 73.6 Å². The Bertz CT molecular complexity index is 88.2. The lowest BCUT2D eigenvalue weighted by Crippen LogP contribution is -2.20. The summed E-state index contributed by atoms with van der Waals surface area (Å²) in [4.78, 5) is 0. The molecule has 0 aromatic carbocycles. The molecule has 3 heteroatoms. The molecule has 0 aliphatic heterocycles. The number of hydrogen-bond acceptors (Lipinski definition) is 3. The topological polar surface area (TPSA) is 46.2 Å². The van der Waals surface area contributed by atoms with Crippen molar-refractivity contribution in [3.05, 3.63) is 0 Å². The lowest BCUT2D eigenvalue weighted by molar-refractivity contribution is 0.180. The van der Waals surface area contributed by atoms with Crippen LogP contribution in [0.4, 0.5) is 0 Å². The first-order valence-corrected chi connectivity index (χ1v) is 5.28. The highest BCUT2D eigenvalue weighted by Gasteiger charge is 2.00. The summed E-state index contributed by atoms with van der Waals surface area (Å²) in [6.07, 6.45) is 0.531. The summed E-state index contributed by atoms with van der Waals surface area (Å²) in [5, 5.41) is 9.08. The van der Waals surface area contributed by atoms with Crippen molar-refractivity contribution >= 4 is 11.8 Å². The standard InChI is InChI=1S/C8H19NOS/c1-7(2)6-11-4-3-8(10)5-9/h7-8,10H,3-6,9H2,1-2H3. The minimum atomic E-state index is -0.297. The van der Waals surface area contributed by atoms with Gasteiger partial charge in [0.2, 0.25) is 0 Å². The fourth-order valence-corrected chi connectivity index (χ4v) is 1.73. The Kier molecular flexibility index (Phi) is 7.12. The fraction of sp³-hybridized carbons (Fsp3) is 1.00. The van der Waals surface area contributed by atoms with Crippen LogP contribution >= 0.6 is 11.8 Å². The van der Waals surface area contributed by atoms with Crippen molar-refractivity contribution in [2.45, 2.75) is 26.4 Å². The average molecular weight is 177 g/mol. The predicted octanol–water partition coefficient (Wildman–Crippen LogP) is 1.09. The van der Waals surface area contributed by atoms with Gasteiger partial charge in [0.1, 0.15) is 0 Å². The van der Waals surface area contributed by atoms with Crippen LogP contribution in [0.15, 0.2) is 0 Å². The van der Waals surface area contributed by atoms with Gasteiger partial charge in [-0.05, 0) is 23.8 Å². The highest BCUT2D eigenvalue weighted by Crippen LogP contribution is 2.09. The summed E-state index contributed by atoms with van der Waals surface area (Å²) < 4.78 is 0. The van der Waals surface area contributed by atoms with Gasteiger partial charge in [0.25, 0.3) is 0 Å². The van der Waals surface area contributed by atoms with E-state index in [4.69, 9.17) is 10.8 Å². The minimum absolute atomic E-state index is 0.297. The summed E-state index contributed by atoms with van der Waals surface area (Å²) in [6, 6.07) is 0. The molecule has 11 heavy (non-hydrogen) atoms. The van der Waals surface area contributed by atoms with Crippen molar-refractivity contribution in [2.24, 2.45) is 11.7 Å². The van der Waals surface area contributed by atoms with E-state index in [2.05, 4.69) is 13.8 Å². The van der Waals surface area contributed by atoms with E-state index in [0.717, 1.165) is 18.1 Å². The first-order chi connectivity index (χ1) is 5.16. The van der Waals surface area contributed by atoms with Crippen LogP contribution in [0.1, 0.15) is 20.3 Å². The van der Waals surface area contributed by atoms with Gasteiger partial charge in [0, 0.05) is 6.54 Å². The largest absolute Gasteiger partial charge is 0.392 e. The minimum Gasteiger partial charge on any atom is -0.392 e.